The molecule has 3 aromatic rings. The summed E-state index contributed by atoms with van der Waals surface area (Å²) < 4.78 is 5.72. The lowest BCUT2D eigenvalue weighted by molar-refractivity contribution is -0.116. The zero-order valence-corrected chi connectivity index (χ0v) is 16.8. The second-order valence-electron chi connectivity index (χ2n) is 6.96. The van der Waals surface area contributed by atoms with E-state index < -0.39 is 0 Å². The number of hydrogen-bond acceptors (Lipinski definition) is 3. The first kappa shape index (κ1) is 20.4. The van der Waals surface area contributed by atoms with Gasteiger partial charge in [-0.05, 0) is 53.9 Å². The van der Waals surface area contributed by atoms with Crippen LogP contribution in [-0.4, -0.2) is 25.0 Å². The molecular formula is C24H26N2O3. The first-order valence-electron chi connectivity index (χ1n) is 9.87. The molecule has 3 rings (SSSR count). The average molecular weight is 390 g/mol. The second-order valence-corrected chi connectivity index (χ2v) is 6.96. The van der Waals surface area contributed by atoms with Crippen LogP contribution in [0, 0.1) is 6.92 Å². The predicted molar refractivity (Wildman–Crippen MR) is 116 cm³/mol. The molecule has 0 aliphatic heterocycles. The van der Waals surface area contributed by atoms with Crippen molar-refractivity contribution in [1.29, 1.82) is 0 Å². The minimum Gasteiger partial charge on any atom is -0.491 e. The number of ether oxygens (including phenoxy) is 1. The topological polar surface area (TPSA) is 67.4 Å². The van der Waals surface area contributed by atoms with Crippen LogP contribution in [0.4, 0.5) is 5.69 Å². The molecule has 0 bridgehead atoms. The van der Waals surface area contributed by atoms with Crippen molar-refractivity contribution in [3.63, 3.8) is 0 Å². The monoisotopic (exact) mass is 390 g/mol. The van der Waals surface area contributed by atoms with Crippen molar-refractivity contribution < 1.29 is 14.3 Å². The molecule has 0 atom stereocenters. The fourth-order valence-electron chi connectivity index (χ4n) is 3.00. The Hall–Kier alpha value is -3.34. The van der Waals surface area contributed by atoms with E-state index in [1.54, 1.807) is 6.07 Å². The Labute approximate surface area is 171 Å². The van der Waals surface area contributed by atoms with Gasteiger partial charge in [0.1, 0.15) is 5.75 Å². The van der Waals surface area contributed by atoms with Gasteiger partial charge in [-0.1, -0.05) is 43.3 Å². The highest BCUT2D eigenvalue weighted by molar-refractivity contribution is 5.99. The number of anilines is 1. The minimum atomic E-state index is -0.189. The van der Waals surface area contributed by atoms with Gasteiger partial charge in [-0.15, -0.1) is 0 Å². The molecule has 0 aliphatic carbocycles. The summed E-state index contributed by atoms with van der Waals surface area (Å²) in [6.45, 7) is 4.86. The minimum absolute atomic E-state index is 0.172. The fraction of sp³-hybridized carbons (Fsp3) is 0.250. The van der Waals surface area contributed by atoms with Crippen molar-refractivity contribution in [2.24, 2.45) is 0 Å². The molecule has 29 heavy (non-hydrogen) atoms. The lowest BCUT2D eigenvalue weighted by Crippen LogP contribution is -2.27. The summed E-state index contributed by atoms with van der Waals surface area (Å²) in [5.41, 5.74) is 2.30. The van der Waals surface area contributed by atoms with Crippen LogP contribution >= 0.6 is 0 Å². The van der Waals surface area contributed by atoms with Gasteiger partial charge in [-0.2, -0.15) is 0 Å². The molecule has 0 saturated carbocycles. The molecule has 0 aromatic heterocycles. The molecule has 0 fully saturated rings. The Morgan fingerprint density at radius 2 is 1.76 bits per heavy atom. The van der Waals surface area contributed by atoms with Crippen molar-refractivity contribution in [3.8, 4) is 5.75 Å². The van der Waals surface area contributed by atoms with Crippen LogP contribution in [0.3, 0.4) is 0 Å². The van der Waals surface area contributed by atoms with Gasteiger partial charge in [0.15, 0.2) is 0 Å². The van der Waals surface area contributed by atoms with Crippen molar-refractivity contribution >= 4 is 28.3 Å². The van der Waals surface area contributed by atoms with E-state index >= 15 is 0 Å². The smallest absolute Gasteiger partial charge is 0.251 e. The van der Waals surface area contributed by atoms with Gasteiger partial charge in [-0.25, -0.2) is 0 Å². The third-order valence-corrected chi connectivity index (χ3v) is 4.52. The van der Waals surface area contributed by atoms with Gasteiger partial charge < -0.3 is 15.4 Å². The molecule has 0 heterocycles. The first-order chi connectivity index (χ1) is 14.1. The number of rotatable bonds is 8. The Kier molecular flexibility index (Phi) is 6.85. The van der Waals surface area contributed by atoms with Crippen molar-refractivity contribution in [3.05, 3.63) is 71.8 Å². The average Bonchev–Trinajstić information content (AvgIpc) is 2.73. The summed E-state index contributed by atoms with van der Waals surface area (Å²) in [4.78, 5) is 24.7. The van der Waals surface area contributed by atoms with E-state index in [0.717, 1.165) is 22.8 Å². The zero-order valence-electron chi connectivity index (χ0n) is 16.8. The molecule has 2 amide bonds. The number of amides is 2. The lowest BCUT2D eigenvalue weighted by atomic mass is 10.1. The fourth-order valence-corrected chi connectivity index (χ4v) is 3.00. The lowest BCUT2D eigenvalue weighted by Gasteiger charge is -2.13. The molecule has 0 saturated heterocycles. The second kappa shape index (κ2) is 9.73. The van der Waals surface area contributed by atoms with E-state index in [4.69, 9.17) is 4.74 Å². The largest absolute Gasteiger partial charge is 0.491 e. The SMILES string of the molecule is CCCOc1cc(C)ccc1NC(=O)CCNC(=O)c1ccc2ccccc2c1. The standard InChI is InChI=1S/C24H26N2O3/c1-3-14-29-22-15-17(2)8-11-21(22)26-23(27)12-13-25-24(28)20-10-9-18-6-4-5-7-19(18)16-20/h4-11,15-16H,3,12-14H2,1-2H3,(H,25,28)(H,26,27). The van der Waals surface area contributed by atoms with Gasteiger partial charge in [0.25, 0.3) is 5.91 Å². The highest BCUT2D eigenvalue weighted by Crippen LogP contribution is 2.26. The van der Waals surface area contributed by atoms with Gasteiger partial charge in [0.05, 0.1) is 12.3 Å². The summed E-state index contributed by atoms with van der Waals surface area (Å²) in [7, 11) is 0. The van der Waals surface area contributed by atoms with Crippen LogP contribution in [0.15, 0.2) is 60.7 Å². The molecule has 0 radical (unpaired) electrons. The van der Waals surface area contributed by atoms with E-state index in [0.29, 0.717) is 23.6 Å². The van der Waals surface area contributed by atoms with Gasteiger partial charge in [0.2, 0.25) is 5.91 Å². The first-order valence-corrected chi connectivity index (χ1v) is 9.87. The summed E-state index contributed by atoms with van der Waals surface area (Å²) in [5, 5.41) is 7.77. The molecule has 0 spiro atoms. The number of nitrogens with one attached hydrogen (secondary N) is 2. The Bertz CT molecular complexity index is 1010. The van der Waals surface area contributed by atoms with Crippen molar-refractivity contribution in [1.82, 2.24) is 5.32 Å². The van der Waals surface area contributed by atoms with E-state index in [9.17, 15) is 9.59 Å². The highest BCUT2D eigenvalue weighted by Gasteiger charge is 2.10. The third kappa shape index (κ3) is 5.57. The number of hydrogen-bond donors (Lipinski definition) is 2. The summed E-state index contributed by atoms with van der Waals surface area (Å²) in [6, 6.07) is 19.1. The molecule has 0 aliphatic rings. The maximum atomic E-state index is 12.4. The van der Waals surface area contributed by atoms with Crippen molar-refractivity contribution in [2.75, 3.05) is 18.5 Å². The molecular weight excluding hydrogens is 364 g/mol. The summed E-state index contributed by atoms with van der Waals surface area (Å²) in [6.07, 6.45) is 1.07. The highest BCUT2D eigenvalue weighted by atomic mass is 16.5. The number of carbonyl (C=O) groups excluding carboxylic acids is 2. The van der Waals surface area contributed by atoms with Gasteiger partial charge in [0, 0.05) is 18.5 Å². The maximum Gasteiger partial charge on any atom is 0.251 e. The van der Waals surface area contributed by atoms with Crippen molar-refractivity contribution in [2.45, 2.75) is 26.7 Å². The Morgan fingerprint density at radius 1 is 0.966 bits per heavy atom. The number of carbonyl (C=O) groups is 2. The number of aryl methyl sites for hydroxylation is 1. The van der Waals surface area contributed by atoms with E-state index in [1.165, 1.54) is 0 Å². The van der Waals surface area contributed by atoms with Gasteiger partial charge in [-0.3, -0.25) is 9.59 Å². The number of benzene rings is 3. The quantitative estimate of drug-likeness (QED) is 0.586. The van der Waals surface area contributed by atoms with Crippen LogP contribution in [0.5, 0.6) is 5.75 Å². The predicted octanol–water partition coefficient (Wildman–Crippen LogP) is 4.70. The van der Waals surface area contributed by atoms with Crippen LogP contribution in [0.1, 0.15) is 35.7 Å². The molecule has 0 unspecified atom stereocenters. The molecule has 2 N–H and O–H groups in total. The van der Waals surface area contributed by atoms with Crippen LogP contribution in [0.25, 0.3) is 10.8 Å². The molecule has 150 valence electrons. The zero-order chi connectivity index (χ0) is 20.6. The molecule has 5 heteroatoms. The summed E-state index contributed by atoms with van der Waals surface area (Å²) >= 11 is 0. The normalized spacial score (nSPS) is 10.6. The van der Waals surface area contributed by atoms with E-state index in [2.05, 4.69) is 10.6 Å². The van der Waals surface area contributed by atoms with Crippen LogP contribution in [-0.2, 0) is 4.79 Å². The molecule has 3 aromatic carbocycles. The van der Waals surface area contributed by atoms with Gasteiger partial charge >= 0.3 is 0 Å². The maximum absolute atomic E-state index is 12.4. The third-order valence-electron chi connectivity index (χ3n) is 4.52. The van der Waals surface area contributed by atoms with Crippen LogP contribution < -0.4 is 15.4 Å². The Morgan fingerprint density at radius 3 is 2.55 bits per heavy atom. The molecule has 5 nitrogen and oxygen atoms in total. The van der Waals surface area contributed by atoms with Crippen LogP contribution in [0.2, 0.25) is 0 Å². The van der Waals surface area contributed by atoms with E-state index in [1.807, 2.05) is 68.4 Å². The number of fused-ring (bicyclic) bond motifs is 1. The Balaban J connectivity index is 1.53. The van der Waals surface area contributed by atoms with E-state index in [-0.39, 0.29) is 24.8 Å². The summed E-state index contributed by atoms with van der Waals surface area (Å²) in [5.74, 6) is 0.306.